The van der Waals surface area contributed by atoms with Crippen LogP contribution in [0.2, 0.25) is 0 Å². The van der Waals surface area contributed by atoms with Crippen molar-refractivity contribution in [2.75, 3.05) is 6.61 Å². The summed E-state index contributed by atoms with van der Waals surface area (Å²) in [5.41, 5.74) is 3.48. The molecule has 3 aromatic carbocycles. The maximum absolute atomic E-state index is 5.85. The number of fused-ring (bicyclic) bond motifs is 1. The fourth-order valence-corrected chi connectivity index (χ4v) is 3.12. The van der Waals surface area contributed by atoms with E-state index in [0.717, 1.165) is 36.3 Å². The van der Waals surface area contributed by atoms with Crippen LogP contribution in [0.15, 0.2) is 60.7 Å². The Kier molecular flexibility index (Phi) is 6.94. The molecule has 0 aliphatic rings. The summed E-state index contributed by atoms with van der Waals surface area (Å²) in [6.45, 7) is 5.20. The molecule has 0 N–H and O–H groups in total. The van der Waals surface area contributed by atoms with Gasteiger partial charge in [-0.2, -0.15) is 0 Å². The summed E-state index contributed by atoms with van der Waals surface area (Å²) in [6.07, 6.45) is 5.85. The van der Waals surface area contributed by atoms with Crippen molar-refractivity contribution in [3.8, 4) is 17.6 Å². The molecular formula is C26H28O. The van der Waals surface area contributed by atoms with E-state index in [1.165, 1.54) is 35.6 Å². The third-order valence-electron chi connectivity index (χ3n) is 4.67. The van der Waals surface area contributed by atoms with Crippen molar-refractivity contribution in [2.45, 2.75) is 46.0 Å². The van der Waals surface area contributed by atoms with Gasteiger partial charge >= 0.3 is 0 Å². The first-order valence-corrected chi connectivity index (χ1v) is 10.1. The number of benzene rings is 3. The number of aryl methyl sites for hydroxylation is 1. The quantitative estimate of drug-likeness (QED) is 0.335. The van der Waals surface area contributed by atoms with Crippen molar-refractivity contribution in [3.05, 3.63) is 77.4 Å². The maximum Gasteiger partial charge on any atom is 0.119 e. The fraction of sp³-hybridized carbons (Fsp3) is 0.308. The van der Waals surface area contributed by atoms with Gasteiger partial charge in [0.25, 0.3) is 0 Å². The third-order valence-corrected chi connectivity index (χ3v) is 4.67. The predicted molar refractivity (Wildman–Crippen MR) is 115 cm³/mol. The zero-order chi connectivity index (χ0) is 18.9. The molecule has 0 unspecified atom stereocenters. The molecule has 0 aliphatic heterocycles. The number of rotatable bonds is 7. The minimum atomic E-state index is 0.792. The van der Waals surface area contributed by atoms with Gasteiger partial charge in [0.05, 0.1) is 6.61 Å². The molecule has 0 fully saturated rings. The summed E-state index contributed by atoms with van der Waals surface area (Å²) in [4.78, 5) is 0. The van der Waals surface area contributed by atoms with Crippen LogP contribution in [0.3, 0.4) is 0 Å². The van der Waals surface area contributed by atoms with Gasteiger partial charge < -0.3 is 4.74 Å². The van der Waals surface area contributed by atoms with Crippen molar-refractivity contribution >= 4 is 10.8 Å². The lowest BCUT2D eigenvalue weighted by molar-refractivity contribution is 0.306. The first kappa shape index (κ1) is 19.1. The maximum atomic E-state index is 5.85. The smallest absolute Gasteiger partial charge is 0.119 e. The molecule has 0 aromatic heterocycles. The van der Waals surface area contributed by atoms with Crippen molar-refractivity contribution in [3.63, 3.8) is 0 Å². The molecule has 27 heavy (non-hydrogen) atoms. The second-order valence-corrected chi connectivity index (χ2v) is 6.98. The molecule has 0 heterocycles. The summed E-state index contributed by atoms with van der Waals surface area (Å²) in [5, 5.41) is 2.39. The van der Waals surface area contributed by atoms with E-state index in [1.807, 2.05) is 0 Å². The Morgan fingerprint density at radius 3 is 2.19 bits per heavy atom. The molecule has 0 saturated heterocycles. The van der Waals surface area contributed by atoms with Crippen LogP contribution in [0.5, 0.6) is 5.75 Å². The molecule has 1 nitrogen and oxygen atoms in total. The number of hydrogen-bond acceptors (Lipinski definition) is 1. The highest BCUT2D eigenvalue weighted by atomic mass is 16.5. The summed E-state index contributed by atoms with van der Waals surface area (Å²) >= 11 is 0. The monoisotopic (exact) mass is 356 g/mol. The second kappa shape index (κ2) is 9.83. The predicted octanol–water partition coefficient (Wildman–Crippen LogP) is 6.76. The minimum absolute atomic E-state index is 0.792. The third kappa shape index (κ3) is 5.63. The summed E-state index contributed by atoms with van der Waals surface area (Å²) in [7, 11) is 0. The molecule has 0 saturated carbocycles. The highest BCUT2D eigenvalue weighted by Crippen LogP contribution is 2.22. The van der Waals surface area contributed by atoms with E-state index in [0.29, 0.717) is 0 Å². The molecule has 0 spiro atoms. The van der Waals surface area contributed by atoms with Crippen molar-refractivity contribution in [2.24, 2.45) is 0 Å². The SMILES string of the molecule is CCCCCOc1ccc2cc(C#Cc3ccc(CCC)cc3)ccc2c1. The molecule has 0 atom stereocenters. The van der Waals surface area contributed by atoms with E-state index in [9.17, 15) is 0 Å². The van der Waals surface area contributed by atoms with Gasteiger partial charge in [-0.1, -0.05) is 69.2 Å². The van der Waals surface area contributed by atoms with Gasteiger partial charge in [-0.15, -0.1) is 0 Å². The van der Waals surface area contributed by atoms with Crippen LogP contribution in [0.4, 0.5) is 0 Å². The van der Waals surface area contributed by atoms with Crippen molar-refractivity contribution in [1.29, 1.82) is 0 Å². The Morgan fingerprint density at radius 1 is 0.704 bits per heavy atom. The van der Waals surface area contributed by atoms with Gasteiger partial charge in [0.15, 0.2) is 0 Å². The molecule has 0 bridgehead atoms. The van der Waals surface area contributed by atoms with Crippen LogP contribution in [0.1, 0.15) is 56.2 Å². The van der Waals surface area contributed by atoms with Crippen molar-refractivity contribution in [1.82, 2.24) is 0 Å². The Labute approximate surface area is 163 Å². The molecular weight excluding hydrogens is 328 g/mol. The molecule has 0 aliphatic carbocycles. The van der Waals surface area contributed by atoms with E-state index in [2.05, 4.69) is 86.4 Å². The fourth-order valence-electron chi connectivity index (χ4n) is 3.12. The van der Waals surface area contributed by atoms with Crippen molar-refractivity contribution < 1.29 is 4.74 Å². The molecule has 1 heteroatoms. The van der Waals surface area contributed by atoms with Gasteiger partial charge in [-0.3, -0.25) is 0 Å². The van der Waals surface area contributed by atoms with Gasteiger partial charge in [0, 0.05) is 11.1 Å². The van der Waals surface area contributed by atoms with E-state index < -0.39 is 0 Å². The molecule has 3 rings (SSSR count). The van der Waals surface area contributed by atoms with Crippen LogP contribution in [-0.2, 0) is 6.42 Å². The zero-order valence-corrected chi connectivity index (χ0v) is 16.4. The average molecular weight is 357 g/mol. The Morgan fingerprint density at radius 2 is 1.41 bits per heavy atom. The molecule has 138 valence electrons. The van der Waals surface area contributed by atoms with Crippen LogP contribution in [0, 0.1) is 11.8 Å². The van der Waals surface area contributed by atoms with E-state index in [4.69, 9.17) is 4.74 Å². The largest absolute Gasteiger partial charge is 0.494 e. The first-order chi connectivity index (χ1) is 13.3. The standard InChI is InChI=1S/C26H28O/c1-3-5-6-18-27-26-17-16-24-19-23(14-15-25(24)20-26)13-12-22-10-8-21(7-4-2)9-11-22/h8-11,14-17,19-20H,3-7,18H2,1-2H3. The van der Waals surface area contributed by atoms with Crippen LogP contribution in [0.25, 0.3) is 10.8 Å². The van der Waals surface area contributed by atoms with Crippen LogP contribution in [-0.4, -0.2) is 6.61 Å². The second-order valence-electron chi connectivity index (χ2n) is 6.98. The minimum Gasteiger partial charge on any atom is -0.494 e. The summed E-state index contributed by atoms with van der Waals surface area (Å²) in [5.74, 6) is 7.51. The Hall–Kier alpha value is -2.72. The van der Waals surface area contributed by atoms with Crippen LogP contribution >= 0.6 is 0 Å². The lowest BCUT2D eigenvalue weighted by Gasteiger charge is -2.07. The highest BCUT2D eigenvalue weighted by molar-refractivity contribution is 5.85. The first-order valence-electron chi connectivity index (χ1n) is 10.1. The highest BCUT2D eigenvalue weighted by Gasteiger charge is 1.99. The van der Waals surface area contributed by atoms with E-state index >= 15 is 0 Å². The normalized spacial score (nSPS) is 10.4. The Balaban J connectivity index is 1.69. The molecule has 0 radical (unpaired) electrons. The topological polar surface area (TPSA) is 9.23 Å². The lowest BCUT2D eigenvalue weighted by Crippen LogP contribution is -1.96. The average Bonchev–Trinajstić information content (AvgIpc) is 2.71. The van der Waals surface area contributed by atoms with E-state index in [1.54, 1.807) is 0 Å². The number of ether oxygens (including phenoxy) is 1. The van der Waals surface area contributed by atoms with E-state index in [-0.39, 0.29) is 0 Å². The van der Waals surface area contributed by atoms with Gasteiger partial charge in [0.1, 0.15) is 5.75 Å². The van der Waals surface area contributed by atoms with Gasteiger partial charge in [-0.05, 0) is 65.6 Å². The number of unbranched alkanes of at least 4 members (excludes halogenated alkanes) is 2. The zero-order valence-electron chi connectivity index (χ0n) is 16.4. The van der Waals surface area contributed by atoms with Crippen LogP contribution < -0.4 is 4.74 Å². The van der Waals surface area contributed by atoms with Gasteiger partial charge in [-0.25, -0.2) is 0 Å². The summed E-state index contributed by atoms with van der Waals surface area (Å²) < 4.78 is 5.85. The molecule has 3 aromatic rings. The Bertz CT molecular complexity index is 926. The molecule has 0 amide bonds. The van der Waals surface area contributed by atoms with Gasteiger partial charge in [0.2, 0.25) is 0 Å². The summed E-state index contributed by atoms with van der Waals surface area (Å²) in [6, 6.07) is 21.2. The number of hydrogen-bond donors (Lipinski definition) is 0. The lowest BCUT2D eigenvalue weighted by atomic mass is 10.1.